The minimum absolute atomic E-state index is 0.135. The van der Waals surface area contributed by atoms with Crippen LogP contribution in [0.1, 0.15) is 34.8 Å². The van der Waals surface area contributed by atoms with Crippen molar-refractivity contribution in [2.75, 3.05) is 6.54 Å². The van der Waals surface area contributed by atoms with Crippen LogP contribution in [-0.2, 0) is 17.6 Å². The Labute approximate surface area is 123 Å². The van der Waals surface area contributed by atoms with Gasteiger partial charge in [0.25, 0.3) is 0 Å². The molecule has 1 aromatic carbocycles. The highest BCUT2D eigenvalue weighted by molar-refractivity contribution is 7.10. The molecular weight excluding hydrogens is 266 g/mol. The van der Waals surface area contributed by atoms with E-state index in [1.807, 2.05) is 17.5 Å². The molecule has 1 heterocycles. The number of fused-ring (bicyclic) bond motifs is 1. The van der Waals surface area contributed by atoms with Gasteiger partial charge in [0.1, 0.15) is 0 Å². The number of carbonyl (C=O) groups excluding carboxylic acids is 1. The van der Waals surface area contributed by atoms with Gasteiger partial charge in [-0.25, -0.2) is 0 Å². The number of rotatable bonds is 4. The number of hydrogen-bond acceptors (Lipinski definition) is 2. The van der Waals surface area contributed by atoms with Crippen LogP contribution >= 0.6 is 11.3 Å². The van der Waals surface area contributed by atoms with Gasteiger partial charge in [-0.15, -0.1) is 11.3 Å². The quantitative estimate of drug-likeness (QED) is 0.915. The van der Waals surface area contributed by atoms with Crippen LogP contribution in [0.4, 0.5) is 0 Å². The van der Waals surface area contributed by atoms with E-state index in [9.17, 15) is 4.79 Å². The number of amides is 1. The molecule has 0 bridgehead atoms. The molecule has 3 heteroatoms. The largest absolute Gasteiger partial charge is 0.355 e. The Kier molecular flexibility index (Phi) is 4.16. The molecule has 1 amide bonds. The number of aryl methyl sites for hydroxylation is 1. The zero-order chi connectivity index (χ0) is 13.8. The van der Waals surface area contributed by atoms with E-state index >= 15 is 0 Å². The summed E-state index contributed by atoms with van der Waals surface area (Å²) in [4.78, 5) is 13.1. The van der Waals surface area contributed by atoms with Gasteiger partial charge in [-0.2, -0.15) is 0 Å². The standard InChI is InChI=1S/C17H19NOS/c19-17(11-15-8-4-10-20-15)18-12-14-7-3-6-13-5-1-2-9-16(13)14/h1-2,4-5,8-10,14H,3,6-7,11-12H2,(H,18,19). The maximum absolute atomic E-state index is 12.0. The van der Waals surface area contributed by atoms with Gasteiger partial charge in [-0.1, -0.05) is 30.3 Å². The van der Waals surface area contributed by atoms with Crippen LogP contribution in [0.3, 0.4) is 0 Å². The van der Waals surface area contributed by atoms with Gasteiger partial charge in [0.2, 0.25) is 5.91 Å². The fraction of sp³-hybridized carbons (Fsp3) is 0.353. The highest BCUT2D eigenvalue weighted by atomic mass is 32.1. The van der Waals surface area contributed by atoms with Gasteiger partial charge in [-0.3, -0.25) is 4.79 Å². The van der Waals surface area contributed by atoms with Gasteiger partial charge in [0, 0.05) is 17.3 Å². The van der Waals surface area contributed by atoms with E-state index in [1.54, 1.807) is 11.3 Å². The highest BCUT2D eigenvalue weighted by Crippen LogP contribution is 2.30. The van der Waals surface area contributed by atoms with E-state index < -0.39 is 0 Å². The molecule has 1 aliphatic carbocycles. The maximum atomic E-state index is 12.0. The van der Waals surface area contributed by atoms with Crippen molar-refractivity contribution in [1.82, 2.24) is 5.32 Å². The van der Waals surface area contributed by atoms with Crippen molar-refractivity contribution in [1.29, 1.82) is 0 Å². The first-order valence-electron chi connectivity index (χ1n) is 7.20. The van der Waals surface area contributed by atoms with Gasteiger partial charge < -0.3 is 5.32 Å². The monoisotopic (exact) mass is 285 g/mol. The first-order valence-corrected chi connectivity index (χ1v) is 8.08. The molecule has 1 aromatic heterocycles. The fourth-order valence-electron chi connectivity index (χ4n) is 2.94. The van der Waals surface area contributed by atoms with Gasteiger partial charge in [0.05, 0.1) is 6.42 Å². The molecule has 2 nitrogen and oxygen atoms in total. The summed E-state index contributed by atoms with van der Waals surface area (Å²) >= 11 is 1.64. The lowest BCUT2D eigenvalue weighted by atomic mass is 9.83. The smallest absolute Gasteiger partial charge is 0.225 e. The van der Waals surface area contributed by atoms with E-state index in [0.29, 0.717) is 12.3 Å². The van der Waals surface area contributed by atoms with Crippen molar-refractivity contribution >= 4 is 17.2 Å². The topological polar surface area (TPSA) is 29.1 Å². The highest BCUT2D eigenvalue weighted by Gasteiger charge is 2.20. The molecule has 0 aliphatic heterocycles. The molecule has 0 saturated carbocycles. The van der Waals surface area contributed by atoms with E-state index in [1.165, 1.54) is 30.4 Å². The molecule has 104 valence electrons. The Morgan fingerprint density at radius 1 is 1.25 bits per heavy atom. The van der Waals surface area contributed by atoms with Crippen molar-refractivity contribution in [2.24, 2.45) is 0 Å². The summed E-state index contributed by atoms with van der Waals surface area (Å²) < 4.78 is 0. The first-order chi connectivity index (χ1) is 9.83. The Morgan fingerprint density at radius 2 is 2.15 bits per heavy atom. The molecular formula is C17H19NOS. The van der Waals surface area contributed by atoms with E-state index in [-0.39, 0.29) is 5.91 Å². The lowest BCUT2D eigenvalue weighted by Gasteiger charge is -2.25. The molecule has 3 rings (SSSR count). The summed E-state index contributed by atoms with van der Waals surface area (Å²) in [7, 11) is 0. The van der Waals surface area contributed by atoms with Crippen LogP contribution in [0.5, 0.6) is 0 Å². The minimum atomic E-state index is 0.135. The zero-order valence-electron chi connectivity index (χ0n) is 11.5. The van der Waals surface area contributed by atoms with Crippen LogP contribution in [0.2, 0.25) is 0 Å². The van der Waals surface area contributed by atoms with E-state index in [2.05, 4.69) is 29.6 Å². The first kappa shape index (κ1) is 13.4. The van der Waals surface area contributed by atoms with Crippen molar-refractivity contribution in [2.45, 2.75) is 31.6 Å². The number of thiophene rings is 1. The third kappa shape index (κ3) is 3.10. The van der Waals surface area contributed by atoms with Crippen molar-refractivity contribution in [3.63, 3.8) is 0 Å². The Hall–Kier alpha value is -1.61. The second-order valence-electron chi connectivity index (χ2n) is 5.35. The molecule has 0 radical (unpaired) electrons. The molecule has 2 aromatic rings. The molecule has 0 fully saturated rings. The summed E-state index contributed by atoms with van der Waals surface area (Å²) in [5, 5.41) is 5.11. The van der Waals surface area contributed by atoms with E-state index in [0.717, 1.165) is 11.4 Å². The van der Waals surface area contributed by atoms with Gasteiger partial charge in [0.15, 0.2) is 0 Å². The summed E-state index contributed by atoms with van der Waals surface area (Å²) in [5.74, 6) is 0.614. The molecule has 1 unspecified atom stereocenters. The van der Waals surface area contributed by atoms with Crippen molar-refractivity contribution < 1.29 is 4.79 Å². The molecule has 1 aliphatic rings. The SMILES string of the molecule is O=C(Cc1cccs1)NCC1CCCc2ccccc21. The van der Waals surface area contributed by atoms with Crippen LogP contribution in [0, 0.1) is 0 Å². The predicted molar refractivity (Wildman–Crippen MR) is 83.2 cm³/mol. The normalized spacial score (nSPS) is 17.5. The Balaban J connectivity index is 1.58. The van der Waals surface area contributed by atoms with Crippen LogP contribution in [0.15, 0.2) is 41.8 Å². The molecule has 1 atom stereocenters. The lowest BCUT2D eigenvalue weighted by Crippen LogP contribution is -2.30. The number of hydrogen-bond donors (Lipinski definition) is 1. The summed E-state index contributed by atoms with van der Waals surface area (Å²) in [6.07, 6.45) is 4.08. The van der Waals surface area contributed by atoms with E-state index in [4.69, 9.17) is 0 Å². The second-order valence-corrected chi connectivity index (χ2v) is 6.38. The lowest BCUT2D eigenvalue weighted by molar-refractivity contribution is -0.120. The van der Waals surface area contributed by atoms with Crippen LogP contribution < -0.4 is 5.32 Å². The number of carbonyl (C=O) groups is 1. The van der Waals surface area contributed by atoms with Gasteiger partial charge in [-0.05, 0) is 41.8 Å². The molecule has 0 saturated heterocycles. The maximum Gasteiger partial charge on any atom is 0.225 e. The summed E-state index contributed by atoms with van der Waals surface area (Å²) in [5.41, 5.74) is 2.88. The number of benzene rings is 1. The molecule has 20 heavy (non-hydrogen) atoms. The summed E-state index contributed by atoms with van der Waals surface area (Å²) in [6, 6.07) is 12.6. The molecule has 0 spiro atoms. The minimum Gasteiger partial charge on any atom is -0.355 e. The second kappa shape index (κ2) is 6.23. The Bertz CT molecular complexity index is 576. The van der Waals surface area contributed by atoms with Crippen LogP contribution in [-0.4, -0.2) is 12.5 Å². The zero-order valence-corrected chi connectivity index (χ0v) is 12.3. The molecule has 1 N–H and O–H groups in total. The third-order valence-corrected chi connectivity index (χ3v) is 4.83. The average molecular weight is 285 g/mol. The Morgan fingerprint density at radius 3 is 3.00 bits per heavy atom. The van der Waals surface area contributed by atoms with Gasteiger partial charge >= 0.3 is 0 Å². The van der Waals surface area contributed by atoms with Crippen LogP contribution in [0.25, 0.3) is 0 Å². The third-order valence-electron chi connectivity index (χ3n) is 3.95. The number of nitrogens with one attached hydrogen (secondary N) is 1. The van der Waals surface area contributed by atoms with Crippen molar-refractivity contribution in [3.05, 3.63) is 57.8 Å². The fourth-order valence-corrected chi connectivity index (χ4v) is 3.64. The van der Waals surface area contributed by atoms with Crippen molar-refractivity contribution in [3.8, 4) is 0 Å². The average Bonchev–Trinajstić information content (AvgIpc) is 2.98. The summed E-state index contributed by atoms with van der Waals surface area (Å²) in [6.45, 7) is 0.765. The predicted octanol–water partition coefficient (Wildman–Crippen LogP) is 3.53.